The summed E-state index contributed by atoms with van der Waals surface area (Å²) in [7, 11) is -3.31. The summed E-state index contributed by atoms with van der Waals surface area (Å²) in [5.41, 5.74) is 3.01. The molecular weight excluding hydrogens is 378 g/mol. The maximum atomic E-state index is 12.1. The van der Waals surface area contributed by atoms with Crippen molar-refractivity contribution in [1.82, 2.24) is 4.98 Å². The van der Waals surface area contributed by atoms with Crippen molar-refractivity contribution in [1.29, 1.82) is 0 Å². The van der Waals surface area contributed by atoms with Crippen LogP contribution < -0.4 is 10.0 Å². The molecule has 2 aromatic rings. The number of sulfonamides is 1. The summed E-state index contributed by atoms with van der Waals surface area (Å²) >= 11 is 0. The second-order valence-corrected chi connectivity index (χ2v) is 9.72. The van der Waals surface area contributed by atoms with E-state index in [9.17, 15) is 13.2 Å². The highest BCUT2D eigenvalue weighted by molar-refractivity contribution is 7.92. The molecule has 2 heterocycles. The van der Waals surface area contributed by atoms with Crippen LogP contribution in [0.25, 0.3) is 11.1 Å². The zero-order valence-electron chi connectivity index (χ0n) is 16.4. The van der Waals surface area contributed by atoms with E-state index >= 15 is 0 Å². The van der Waals surface area contributed by atoms with Crippen molar-refractivity contribution in [2.24, 2.45) is 0 Å². The summed E-state index contributed by atoms with van der Waals surface area (Å²) in [6, 6.07) is 9.04. The molecule has 0 amide bonds. The first-order valence-corrected chi connectivity index (χ1v) is 10.9. The topological polar surface area (TPSA) is 97.4 Å². The van der Waals surface area contributed by atoms with Crippen LogP contribution in [0.15, 0.2) is 36.5 Å². The van der Waals surface area contributed by atoms with Crippen molar-refractivity contribution >= 4 is 27.5 Å². The monoisotopic (exact) mass is 403 g/mol. The van der Waals surface area contributed by atoms with Crippen LogP contribution in [-0.4, -0.2) is 37.3 Å². The van der Waals surface area contributed by atoms with Crippen molar-refractivity contribution in [3.05, 3.63) is 42.1 Å². The number of pyridine rings is 1. The lowest BCUT2D eigenvalue weighted by atomic mass is 9.98. The van der Waals surface area contributed by atoms with E-state index in [2.05, 4.69) is 15.0 Å². The van der Waals surface area contributed by atoms with E-state index in [0.29, 0.717) is 12.1 Å². The van der Waals surface area contributed by atoms with Crippen LogP contribution in [0.3, 0.4) is 0 Å². The second-order valence-electron chi connectivity index (χ2n) is 7.97. The predicted molar refractivity (Wildman–Crippen MR) is 110 cm³/mol. The van der Waals surface area contributed by atoms with E-state index in [1.165, 1.54) is 0 Å². The van der Waals surface area contributed by atoms with Crippen LogP contribution in [0.5, 0.6) is 0 Å². The first-order valence-electron chi connectivity index (χ1n) is 9.05. The van der Waals surface area contributed by atoms with Crippen molar-refractivity contribution in [3.63, 3.8) is 0 Å². The van der Waals surface area contributed by atoms with Gasteiger partial charge in [-0.05, 0) is 56.5 Å². The van der Waals surface area contributed by atoms with Crippen LogP contribution in [0.2, 0.25) is 0 Å². The molecule has 0 spiro atoms. The molecule has 0 saturated carbocycles. The Kier molecular flexibility index (Phi) is 5.34. The molecule has 1 aromatic carbocycles. The number of esters is 1. The molecule has 3 rings (SSSR count). The third-order valence-corrected chi connectivity index (χ3v) is 4.79. The van der Waals surface area contributed by atoms with Crippen LogP contribution in [0.4, 0.5) is 11.5 Å². The smallest absolute Gasteiger partial charge is 0.308 e. The van der Waals surface area contributed by atoms with Gasteiger partial charge < -0.3 is 10.1 Å². The molecule has 0 radical (unpaired) electrons. The summed E-state index contributed by atoms with van der Waals surface area (Å²) in [6.45, 7) is 5.55. The van der Waals surface area contributed by atoms with Crippen molar-refractivity contribution in [3.8, 4) is 11.1 Å². The van der Waals surface area contributed by atoms with Crippen molar-refractivity contribution in [2.45, 2.75) is 45.3 Å². The average Bonchev–Trinajstić information content (AvgIpc) is 2.94. The number of carbonyl (C=O) groups excluding carboxylic acids is 1. The van der Waals surface area contributed by atoms with Crippen LogP contribution in [0, 0.1) is 0 Å². The SMILES string of the molecule is CC(C)(C)OC(=O)CC1Cc2c(-c3ccc(NS(C)(=O)=O)cc3)ccnc2N1. The van der Waals surface area contributed by atoms with E-state index in [1.807, 2.05) is 39.0 Å². The number of fused-ring (bicyclic) bond motifs is 1. The molecule has 8 heteroatoms. The minimum atomic E-state index is -3.31. The zero-order valence-corrected chi connectivity index (χ0v) is 17.3. The Hall–Kier alpha value is -2.61. The normalized spacial score (nSPS) is 16.2. The molecule has 7 nitrogen and oxygen atoms in total. The van der Waals surface area contributed by atoms with Crippen molar-refractivity contribution in [2.75, 3.05) is 16.3 Å². The number of nitrogens with zero attached hydrogens (tertiary/aromatic N) is 1. The van der Waals surface area contributed by atoms with Crippen molar-refractivity contribution < 1.29 is 17.9 Å². The predicted octanol–water partition coefficient (Wildman–Crippen LogP) is 3.19. The lowest BCUT2D eigenvalue weighted by Gasteiger charge is -2.20. The van der Waals surface area contributed by atoms with E-state index < -0.39 is 15.6 Å². The van der Waals surface area contributed by atoms with E-state index in [4.69, 9.17) is 4.74 Å². The van der Waals surface area contributed by atoms with Gasteiger partial charge in [-0.1, -0.05) is 12.1 Å². The van der Waals surface area contributed by atoms with Crippen LogP contribution >= 0.6 is 0 Å². The molecule has 28 heavy (non-hydrogen) atoms. The van der Waals surface area contributed by atoms with Gasteiger partial charge in [-0.25, -0.2) is 13.4 Å². The molecule has 1 atom stereocenters. The first kappa shape index (κ1) is 20.1. The van der Waals surface area contributed by atoms with Gasteiger partial charge in [0.2, 0.25) is 10.0 Å². The second kappa shape index (κ2) is 7.43. The minimum Gasteiger partial charge on any atom is -0.460 e. The molecular formula is C20H25N3O4S. The van der Waals surface area contributed by atoms with Crippen LogP contribution in [-0.2, 0) is 26.0 Å². The fraction of sp³-hybridized carbons (Fsp3) is 0.400. The molecule has 0 aliphatic carbocycles. The molecule has 0 saturated heterocycles. The Morgan fingerprint density at radius 2 is 1.93 bits per heavy atom. The fourth-order valence-electron chi connectivity index (χ4n) is 3.22. The molecule has 0 bridgehead atoms. The quantitative estimate of drug-likeness (QED) is 0.744. The first-order chi connectivity index (χ1) is 13.0. The number of ether oxygens (including phenoxy) is 1. The number of hydrogen-bond acceptors (Lipinski definition) is 6. The molecule has 1 aliphatic rings. The summed E-state index contributed by atoms with van der Waals surface area (Å²) < 4.78 is 30.6. The third kappa shape index (κ3) is 5.22. The lowest BCUT2D eigenvalue weighted by molar-refractivity contribution is -0.155. The van der Waals surface area contributed by atoms with Gasteiger partial charge in [-0.15, -0.1) is 0 Å². The van der Waals surface area contributed by atoms with Gasteiger partial charge in [0.05, 0.1) is 12.7 Å². The van der Waals surface area contributed by atoms with Gasteiger partial charge in [-0.3, -0.25) is 9.52 Å². The van der Waals surface area contributed by atoms with E-state index in [1.54, 1.807) is 18.3 Å². The van der Waals surface area contributed by atoms with E-state index in [0.717, 1.165) is 28.8 Å². The number of carbonyl (C=O) groups is 1. The zero-order chi connectivity index (χ0) is 20.5. The van der Waals surface area contributed by atoms with Gasteiger partial charge >= 0.3 is 5.97 Å². The lowest BCUT2D eigenvalue weighted by Crippen LogP contribution is -2.28. The molecule has 1 aliphatic heterocycles. The van der Waals surface area contributed by atoms with Crippen LogP contribution in [0.1, 0.15) is 32.8 Å². The Labute approximate surface area is 165 Å². The molecule has 150 valence electrons. The van der Waals surface area contributed by atoms with E-state index in [-0.39, 0.29) is 18.4 Å². The summed E-state index contributed by atoms with van der Waals surface area (Å²) in [5, 5.41) is 3.30. The maximum Gasteiger partial charge on any atom is 0.308 e. The molecule has 1 unspecified atom stereocenters. The minimum absolute atomic E-state index is 0.0651. The van der Waals surface area contributed by atoms with Gasteiger partial charge in [0.25, 0.3) is 0 Å². The standard InChI is InChI=1S/C20H25N3O4S/c1-20(2,3)27-18(24)12-15-11-17-16(9-10-21-19(17)22-15)13-5-7-14(8-6-13)23-28(4,25)26/h5-10,15,23H,11-12H2,1-4H3,(H,21,22). The Morgan fingerprint density at radius 3 is 2.54 bits per heavy atom. The number of hydrogen-bond donors (Lipinski definition) is 2. The number of rotatable bonds is 5. The average molecular weight is 404 g/mol. The number of anilines is 2. The van der Waals surface area contributed by atoms with Gasteiger partial charge in [0.15, 0.2) is 0 Å². The Bertz CT molecular complexity index is 980. The highest BCUT2D eigenvalue weighted by Gasteiger charge is 2.28. The number of benzene rings is 1. The molecule has 2 N–H and O–H groups in total. The Balaban J connectivity index is 1.76. The molecule has 0 fully saturated rings. The highest BCUT2D eigenvalue weighted by atomic mass is 32.2. The largest absolute Gasteiger partial charge is 0.460 e. The maximum absolute atomic E-state index is 12.1. The Morgan fingerprint density at radius 1 is 1.25 bits per heavy atom. The number of nitrogens with one attached hydrogen (secondary N) is 2. The summed E-state index contributed by atoms with van der Waals surface area (Å²) in [4.78, 5) is 16.5. The summed E-state index contributed by atoms with van der Waals surface area (Å²) in [5.74, 6) is 0.528. The highest BCUT2D eigenvalue weighted by Crippen LogP contribution is 2.34. The number of aromatic nitrogens is 1. The van der Waals surface area contributed by atoms with Gasteiger partial charge in [-0.2, -0.15) is 0 Å². The van der Waals surface area contributed by atoms with Gasteiger partial charge in [0, 0.05) is 23.5 Å². The third-order valence-electron chi connectivity index (χ3n) is 4.18. The summed E-state index contributed by atoms with van der Waals surface area (Å²) in [6.07, 6.45) is 3.78. The van der Waals surface area contributed by atoms with Gasteiger partial charge in [0.1, 0.15) is 11.4 Å². The fourth-order valence-corrected chi connectivity index (χ4v) is 3.79. The molecule has 1 aromatic heterocycles.